The Morgan fingerprint density at radius 2 is 2.00 bits per heavy atom. The highest BCUT2D eigenvalue weighted by atomic mass is 14.9. The molecular weight excluding hydrogens is 134 g/mol. The first-order chi connectivity index (χ1) is 5.07. The maximum Gasteiger partial charge on any atom is 0.0276 e. The highest BCUT2D eigenvalue weighted by Gasteiger charge is 2.07. The molecule has 0 saturated heterocycles. The van der Waals surface area contributed by atoms with Crippen molar-refractivity contribution in [1.29, 1.82) is 0 Å². The summed E-state index contributed by atoms with van der Waals surface area (Å²) in [5, 5.41) is 3.48. The van der Waals surface area contributed by atoms with E-state index in [1.54, 1.807) is 0 Å². The summed E-state index contributed by atoms with van der Waals surface area (Å²) in [6.45, 7) is 12.6. The summed E-state index contributed by atoms with van der Waals surface area (Å²) in [4.78, 5) is 0. The summed E-state index contributed by atoms with van der Waals surface area (Å²) in [6.07, 6.45) is 2.42. The van der Waals surface area contributed by atoms with Gasteiger partial charge in [-0.15, -0.1) is 0 Å². The maximum atomic E-state index is 3.96. The molecule has 1 unspecified atom stereocenters. The molecule has 0 saturated carbocycles. The van der Waals surface area contributed by atoms with Gasteiger partial charge >= 0.3 is 0 Å². The molecule has 0 aliphatic heterocycles. The average Bonchev–Trinajstić information content (AvgIpc) is 1.86. The van der Waals surface area contributed by atoms with Crippen LogP contribution in [0.4, 0.5) is 0 Å². The van der Waals surface area contributed by atoms with E-state index in [2.05, 4.69) is 39.6 Å². The average molecular weight is 155 g/mol. The van der Waals surface area contributed by atoms with Gasteiger partial charge in [-0.3, -0.25) is 0 Å². The highest BCUT2D eigenvalue weighted by Crippen LogP contribution is 2.06. The summed E-state index contributed by atoms with van der Waals surface area (Å²) in [6, 6.07) is 1.07. The van der Waals surface area contributed by atoms with E-state index in [1.807, 2.05) is 0 Å². The van der Waals surface area contributed by atoms with E-state index >= 15 is 0 Å². The molecule has 1 heteroatoms. The summed E-state index contributed by atoms with van der Waals surface area (Å²) < 4.78 is 0. The molecule has 0 radical (unpaired) electrons. The second kappa shape index (κ2) is 5.36. The van der Waals surface area contributed by atoms with E-state index in [0.717, 1.165) is 0 Å². The van der Waals surface area contributed by atoms with Crippen LogP contribution in [0.1, 0.15) is 40.5 Å². The zero-order chi connectivity index (χ0) is 8.85. The molecule has 0 rings (SSSR count). The van der Waals surface area contributed by atoms with Gasteiger partial charge < -0.3 is 5.32 Å². The molecular formula is C10H21N. The predicted molar refractivity (Wildman–Crippen MR) is 51.8 cm³/mol. The molecule has 1 atom stereocenters. The standard InChI is InChI=1S/C10H21N/c1-6-7-10(8(2)3)11-9(4)5/h9-11H,2,6-7H2,1,3-5H3. The summed E-state index contributed by atoms with van der Waals surface area (Å²) in [7, 11) is 0. The molecule has 0 heterocycles. The lowest BCUT2D eigenvalue weighted by molar-refractivity contribution is 0.479. The Hall–Kier alpha value is -0.300. The third kappa shape index (κ3) is 5.02. The minimum absolute atomic E-state index is 0.514. The van der Waals surface area contributed by atoms with Gasteiger partial charge in [-0.05, 0) is 13.3 Å². The Bertz CT molecular complexity index is 116. The largest absolute Gasteiger partial charge is 0.308 e. The van der Waals surface area contributed by atoms with Crippen molar-refractivity contribution in [1.82, 2.24) is 5.32 Å². The quantitative estimate of drug-likeness (QED) is 0.602. The van der Waals surface area contributed by atoms with Crippen molar-refractivity contribution in [3.63, 3.8) is 0 Å². The molecule has 0 aromatic heterocycles. The van der Waals surface area contributed by atoms with Crippen LogP contribution in [0.5, 0.6) is 0 Å². The Morgan fingerprint density at radius 3 is 2.27 bits per heavy atom. The van der Waals surface area contributed by atoms with Crippen molar-refractivity contribution in [2.45, 2.75) is 52.6 Å². The van der Waals surface area contributed by atoms with Crippen molar-refractivity contribution < 1.29 is 0 Å². The number of nitrogens with one attached hydrogen (secondary N) is 1. The van der Waals surface area contributed by atoms with Crippen LogP contribution in [0.2, 0.25) is 0 Å². The monoisotopic (exact) mass is 155 g/mol. The first kappa shape index (κ1) is 10.7. The first-order valence-electron chi connectivity index (χ1n) is 4.49. The Labute approximate surface area is 70.9 Å². The van der Waals surface area contributed by atoms with Gasteiger partial charge in [-0.25, -0.2) is 0 Å². The molecule has 66 valence electrons. The van der Waals surface area contributed by atoms with E-state index in [1.165, 1.54) is 18.4 Å². The Morgan fingerprint density at radius 1 is 1.45 bits per heavy atom. The first-order valence-corrected chi connectivity index (χ1v) is 4.49. The summed E-state index contributed by atoms with van der Waals surface area (Å²) in [5.41, 5.74) is 1.25. The lowest BCUT2D eigenvalue weighted by Crippen LogP contribution is -2.35. The molecule has 0 aliphatic carbocycles. The lowest BCUT2D eigenvalue weighted by atomic mass is 10.0. The van der Waals surface area contributed by atoms with Crippen molar-refractivity contribution in [3.8, 4) is 0 Å². The van der Waals surface area contributed by atoms with Gasteiger partial charge in [0.2, 0.25) is 0 Å². The molecule has 1 N–H and O–H groups in total. The second-order valence-electron chi connectivity index (χ2n) is 3.51. The van der Waals surface area contributed by atoms with Gasteiger partial charge in [-0.1, -0.05) is 39.3 Å². The highest BCUT2D eigenvalue weighted by molar-refractivity contribution is 5.01. The molecule has 11 heavy (non-hydrogen) atoms. The van der Waals surface area contributed by atoms with E-state index in [0.29, 0.717) is 12.1 Å². The van der Waals surface area contributed by atoms with Crippen LogP contribution >= 0.6 is 0 Å². The maximum absolute atomic E-state index is 3.96. The SMILES string of the molecule is C=C(C)C(CCC)NC(C)C. The van der Waals surface area contributed by atoms with Crippen LogP contribution in [0.15, 0.2) is 12.2 Å². The van der Waals surface area contributed by atoms with E-state index in [-0.39, 0.29) is 0 Å². The predicted octanol–water partition coefficient (Wildman–Crippen LogP) is 2.73. The number of hydrogen-bond donors (Lipinski definition) is 1. The van der Waals surface area contributed by atoms with Crippen molar-refractivity contribution in [2.75, 3.05) is 0 Å². The molecule has 0 fully saturated rings. The molecule has 0 amide bonds. The van der Waals surface area contributed by atoms with Crippen LogP contribution in [-0.4, -0.2) is 12.1 Å². The van der Waals surface area contributed by atoms with Gasteiger partial charge in [0.15, 0.2) is 0 Å². The van der Waals surface area contributed by atoms with Gasteiger partial charge in [0.25, 0.3) is 0 Å². The molecule has 0 spiro atoms. The van der Waals surface area contributed by atoms with Gasteiger partial charge in [0.05, 0.1) is 0 Å². The molecule has 0 aromatic rings. The third-order valence-electron chi connectivity index (χ3n) is 1.71. The van der Waals surface area contributed by atoms with Gasteiger partial charge in [-0.2, -0.15) is 0 Å². The third-order valence-corrected chi connectivity index (χ3v) is 1.71. The van der Waals surface area contributed by atoms with Crippen LogP contribution in [0.3, 0.4) is 0 Å². The Kier molecular flexibility index (Phi) is 5.22. The fourth-order valence-electron chi connectivity index (χ4n) is 1.16. The molecule has 0 aromatic carbocycles. The Balaban J connectivity index is 3.79. The number of rotatable bonds is 5. The minimum Gasteiger partial charge on any atom is -0.308 e. The molecule has 0 aliphatic rings. The van der Waals surface area contributed by atoms with Crippen molar-refractivity contribution in [3.05, 3.63) is 12.2 Å². The van der Waals surface area contributed by atoms with Gasteiger partial charge in [0.1, 0.15) is 0 Å². The summed E-state index contributed by atoms with van der Waals surface area (Å²) >= 11 is 0. The fraction of sp³-hybridized carbons (Fsp3) is 0.800. The normalized spacial score (nSPS) is 13.5. The van der Waals surface area contributed by atoms with Crippen molar-refractivity contribution in [2.24, 2.45) is 0 Å². The van der Waals surface area contributed by atoms with E-state index in [4.69, 9.17) is 0 Å². The van der Waals surface area contributed by atoms with Crippen LogP contribution < -0.4 is 5.32 Å². The van der Waals surface area contributed by atoms with Crippen LogP contribution in [-0.2, 0) is 0 Å². The molecule has 0 bridgehead atoms. The zero-order valence-corrected chi connectivity index (χ0v) is 8.28. The van der Waals surface area contributed by atoms with Crippen LogP contribution in [0, 0.1) is 0 Å². The lowest BCUT2D eigenvalue weighted by Gasteiger charge is -2.20. The zero-order valence-electron chi connectivity index (χ0n) is 8.28. The number of hydrogen-bond acceptors (Lipinski definition) is 1. The molecule has 1 nitrogen and oxygen atoms in total. The fourth-order valence-corrected chi connectivity index (χ4v) is 1.16. The van der Waals surface area contributed by atoms with E-state index in [9.17, 15) is 0 Å². The minimum atomic E-state index is 0.514. The van der Waals surface area contributed by atoms with E-state index < -0.39 is 0 Å². The topological polar surface area (TPSA) is 12.0 Å². The van der Waals surface area contributed by atoms with Crippen LogP contribution in [0.25, 0.3) is 0 Å². The van der Waals surface area contributed by atoms with Crippen molar-refractivity contribution >= 4 is 0 Å². The van der Waals surface area contributed by atoms with Gasteiger partial charge in [0, 0.05) is 12.1 Å². The smallest absolute Gasteiger partial charge is 0.0276 e. The summed E-state index contributed by atoms with van der Waals surface area (Å²) in [5.74, 6) is 0. The second-order valence-corrected chi connectivity index (χ2v) is 3.51.